The number of allylic oxidation sites excluding steroid dienone is 1. The summed E-state index contributed by atoms with van der Waals surface area (Å²) in [6.07, 6.45) is 2.42. The molecule has 0 saturated heterocycles. The van der Waals surface area contributed by atoms with Gasteiger partial charge in [-0.15, -0.1) is 0 Å². The first-order chi connectivity index (χ1) is 14.9. The first-order valence-electron chi connectivity index (χ1n) is 10.0. The second-order valence-electron chi connectivity index (χ2n) is 7.47. The number of nitrogens with one attached hydrogen (secondary N) is 1. The molecule has 3 aromatic carbocycles. The van der Waals surface area contributed by atoms with Crippen LogP contribution in [0.5, 0.6) is 5.75 Å². The fourth-order valence-corrected chi connectivity index (χ4v) is 3.86. The minimum absolute atomic E-state index is 0.0381. The molecule has 0 radical (unpaired) electrons. The van der Waals surface area contributed by atoms with Crippen LogP contribution in [-0.4, -0.2) is 19.9 Å². The van der Waals surface area contributed by atoms with Crippen LogP contribution in [0, 0.1) is 6.92 Å². The Morgan fingerprint density at radius 3 is 2.26 bits per heavy atom. The summed E-state index contributed by atoms with van der Waals surface area (Å²) >= 11 is 12.1. The largest absolute Gasteiger partial charge is 0.489 e. The molecule has 0 heterocycles. The maximum Gasteiger partial charge on any atom is 0.189 e. The second kappa shape index (κ2) is 10.6. The lowest BCUT2D eigenvalue weighted by molar-refractivity contribution is 0.104. The number of ketones is 1. The molecular formula is C26H25Cl2NO2. The van der Waals surface area contributed by atoms with Gasteiger partial charge in [0.1, 0.15) is 12.4 Å². The molecule has 1 N–H and O–H groups in total. The minimum Gasteiger partial charge on any atom is -0.489 e. The summed E-state index contributed by atoms with van der Waals surface area (Å²) in [4.78, 5) is 12.7. The van der Waals surface area contributed by atoms with Gasteiger partial charge >= 0.3 is 0 Å². The van der Waals surface area contributed by atoms with Crippen LogP contribution in [-0.2, 0) is 13.0 Å². The van der Waals surface area contributed by atoms with Crippen molar-refractivity contribution in [1.29, 1.82) is 0 Å². The highest BCUT2D eigenvalue weighted by Gasteiger charge is 2.25. The summed E-state index contributed by atoms with van der Waals surface area (Å²) in [5.41, 5.74) is 5.59. The number of benzene rings is 3. The van der Waals surface area contributed by atoms with Crippen LogP contribution in [0.3, 0.4) is 0 Å². The van der Waals surface area contributed by atoms with Gasteiger partial charge in [0.05, 0.1) is 0 Å². The Morgan fingerprint density at radius 2 is 1.61 bits per heavy atom. The number of Topliss-reactive ketones (excluding diaryl/α,β-unsaturated/α-hetero) is 1. The molecule has 0 aliphatic heterocycles. The lowest BCUT2D eigenvalue weighted by Crippen LogP contribution is -1.97. The monoisotopic (exact) mass is 453 g/mol. The van der Waals surface area contributed by atoms with Crippen LogP contribution in [0.25, 0.3) is 6.08 Å². The fraction of sp³-hybridized carbons (Fsp3) is 0.192. The van der Waals surface area contributed by atoms with Crippen molar-refractivity contribution in [2.75, 3.05) is 14.1 Å². The molecule has 0 fully saturated rings. The van der Waals surface area contributed by atoms with Gasteiger partial charge in [0.2, 0.25) is 0 Å². The zero-order chi connectivity index (χ0) is 22.4. The van der Waals surface area contributed by atoms with Gasteiger partial charge in [0.15, 0.2) is 5.78 Å². The summed E-state index contributed by atoms with van der Waals surface area (Å²) in [7, 11) is 3.75. The molecule has 3 nitrogen and oxygen atoms in total. The molecule has 160 valence electrons. The van der Waals surface area contributed by atoms with E-state index in [1.54, 1.807) is 18.2 Å². The van der Waals surface area contributed by atoms with Crippen molar-refractivity contribution in [2.24, 2.45) is 0 Å². The second-order valence-corrected chi connectivity index (χ2v) is 8.34. The number of halogens is 2. The van der Waals surface area contributed by atoms with E-state index in [9.17, 15) is 4.79 Å². The van der Waals surface area contributed by atoms with E-state index in [1.165, 1.54) is 5.56 Å². The van der Waals surface area contributed by atoms with Gasteiger partial charge in [-0.25, -0.2) is 0 Å². The molecule has 1 aliphatic carbocycles. The Bertz CT molecular complexity index is 1080. The van der Waals surface area contributed by atoms with Crippen molar-refractivity contribution in [1.82, 2.24) is 5.32 Å². The minimum atomic E-state index is 0.0381. The van der Waals surface area contributed by atoms with E-state index in [2.05, 4.69) is 36.5 Å². The molecule has 0 atom stereocenters. The molecule has 31 heavy (non-hydrogen) atoms. The zero-order valence-corrected chi connectivity index (χ0v) is 19.3. The Labute approximate surface area is 193 Å². The Morgan fingerprint density at radius 1 is 0.968 bits per heavy atom. The predicted molar refractivity (Wildman–Crippen MR) is 129 cm³/mol. The smallest absolute Gasteiger partial charge is 0.189 e. The number of ether oxygens (including phenoxy) is 1. The number of hydrogen-bond acceptors (Lipinski definition) is 3. The van der Waals surface area contributed by atoms with Gasteiger partial charge in [-0.1, -0.05) is 53.0 Å². The number of carbonyl (C=O) groups excluding carboxylic acids is 1. The molecule has 0 amide bonds. The molecule has 0 bridgehead atoms. The molecule has 0 saturated carbocycles. The van der Waals surface area contributed by atoms with E-state index >= 15 is 0 Å². The van der Waals surface area contributed by atoms with Gasteiger partial charge in [-0.05, 0) is 80.2 Å². The van der Waals surface area contributed by atoms with Crippen molar-refractivity contribution in [2.45, 2.75) is 20.0 Å². The fourth-order valence-electron chi connectivity index (χ4n) is 3.31. The summed E-state index contributed by atoms with van der Waals surface area (Å²) in [6, 6.07) is 19.2. The third-order valence-corrected chi connectivity index (χ3v) is 5.18. The molecule has 5 heteroatoms. The zero-order valence-electron chi connectivity index (χ0n) is 17.8. The standard InChI is InChI=1S/C24H18Cl2O2.C2H7N/c1-15-2-4-16(5-3-15)14-28-22-6-7-23-18(12-22)11-19(24(23)27)8-17-9-20(25)13-21(26)10-17;1-3-2/h2-10,12-13H,11,14H2,1H3;3H,1-2H3/b19-8+;. The summed E-state index contributed by atoms with van der Waals surface area (Å²) in [6.45, 7) is 2.56. The van der Waals surface area contributed by atoms with Gasteiger partial charge in [0, 0.05) is 27.6 Å². The molecule has 0 unspecified atom stereocenters. The average molecular weight is 454 g/mol. The molecule has 1 aliphatic rings. The van der Waals surface area contributed by atoms with Crippen molar-refractivity contribution >= 4 is 35.1 Å². The Balaban J connectivity index is 0.000000858. The Kier molecular flexibility index (Phi) is 7.91. The number of carbonyl (C=O) groups is 1. The van der Waals surface area contributed by atoms with Crippen LogP contribution in [0.1, 0.15) is 32.6 Å². The van der Waals surface area contributed by atoms with Gasteiger partial charge in [-0.2, -0.15) is 0 Å². The van der Waals surface area contributed by atoms with Crippen molar-refractivity contribution in [3.05, 3.63) is 104 Å². The number of fused-ring (bicyclic) bond motifs is 1. The molecular weight excluding hydrogens is 429 g/mol. The molecule has 0 spiro atoms. The van der Waals surface area contributed by atoms with E-state index in [0.717, 1.165) is 33.6 Å². The maximum atomic E-state index is 12.7. The van der Waals surface area contributed by atoms with Crippen molar-refractivity contribution < 1.29 is 9.53 Å². The first kappa shape index (κ1) is 23.1. The SMILES string of the molecule is CNC.Cc1ccc(COc2ccc3c(c2)C/C(=C\c2cc(Cl)cc(Cl)c2)C3=O)cc1. The van der Waals surface area contributed by atoms with E-state index in [4.69, 9.17) is 27.9 Å². The van der Waals surface area contributed by atoms with Crippen molar-refractivity contribution in [3.8, 4) is 5.75 Å². The quantitative estimate of drug-likeness (QED) is 0.455. The van der Waals surface area contributed by atoms with E-state index in [1.807, 2.05) is 38.4 Å². The average Bonchev–Trinajstić information content (AvgIpc) is 3.02. The van der Waals surface area contributed by atoms with Crippen LogP contribution < -0.4 is 10.1 Å². The van der Waals surface area contributed by atoms with Crippen LogP contribution >= 0.6 is 23.2 Å². The highest BCUT2D eigenvalue weighted by molar-refractivity contribution is 6.34. The lowest BCUT2D eigenvalue weighted by atomic mass is 10.1. The molecule has 4 rings (SSSR count). The molecule has 3 aromatic rings. The van der Waals surface area contributed by atoms with E-state index < -0.39 is 0 Å². The highest BCUT2D eigenvalue weighted by atomic mass is 35.5. The van der Waals surface area contributed by atoms with E-state index in [0.29, 0.717) is 23.1 Å². The van der Waals surface area contributed by atoms with Crippen LogP contribution in [0.4, 0.5) is 0 Å². The topological polar surface area (TPSA) is 38.3 Å². The maximum absolute atomic E-state index is 12.7. The number of rotatable bonds is 4. The van der Waals surface area contributed by atoms with Gasteiger partial charge in [0.25, 0.3) is 0 Å². The number of aryl methyl sites for hydroxylation is 1. The summed E-state index contributed by atoms with van der Waals surface area (Å²) in [5.74, 6) is 0.801. The third-order valence-electron chi connectivity index (χ3n) is 4.75. The van der Waals surface area contributed by atoms with E-state index in [-0.39, 0.29) is 5.78 Å². The summed E-state index contributed by atoms with van der Waals surface area (Å²) in [5, 5.41) is 3.85. The molecule has 0 aromatic heterocycles. The van der Waals surface area contributed by atoms with Gasteiger partial charge in [-0.3, -0.25) is 4.79 Å². The van der Waals surface area contributed by atoms with Gasteiger partial charge < -0.3 is 10.1 Å². The normalized spacial score (nSPS) is 13.6. The van der Waals surface area contributed by atoms with Crippen molar-refractivity contribution in [3.63, 3.8) is 0 Å². The highest BCUT2D eigenvalue weighted by Crippen LogP contribution is 2.32. The van der Waals surface area contributed by atoms with Crippen LogP contribution in [0.15, 0.2) is 66.2 Å². The lowest BCUT2D eigenvalue weighted by Gasteiger charge is -2.08. The number of hydrogen-bond donors (Lipinski definition) is 1. The summed E-state index contributed by atoms with van der Waals surface area (Å²) < 4.78 is 5.91. The Hall–Kier alpha value is -2.59. The van der Waals surface area contributed by atoms with Crippen LogP contribution in [0.2, 0.25) is 10.0 Å². The predicted octanol–water partition coefficient (Wildman–Crippen LogP) is 6.54. The third kappa shape index (κ3) is 6.20. The first-order valence-corrected chi connectivity index (χ1v) is 10.8.